The van der Waals surface area contributed by atoms with Crippen LogP contribution in [0.2, 0.25) is 0 Å². The molecular weight excluding hydrogens is 584 g/mol. The highest BCUT2D eigenvalue weighted by molar-refractivity contribution is 6.22. The number of phenolic OH excluding ortho intramolecular Hbond substituents is 1. The lowest BCUT2D eigenvalue weighted by molar-refractivity contribution is -0.335. The fourth-order valence-corrected chi connectivity index (χ4v) is 5.26. The molecule has 230 valence electrons. The average Bonchev–Trinajstić information content (AvgIpc) is 2.95. The number of alkyl halides is 1. The quantitative estimate of drug-likeness (QED) is 0.139. The summed E-state index contributed by atoms with van der Waals surface area (Å²) in [5.41, 5.74) is 0.610. The van der Waals surface area contributed by atoms with Gasteiger partial charge < -0.3 is 69.6 Å². The Kier molecular flexibility index (Phi) is 8.48. The second-order valence-electron chi connectivity index (χ2n) is 10.3. The number of rotatable bonds is 6. The van der Waals surface area contributed by atoms with Crippen LogP contribution in [0.1, 0.15) is 12.5 Å². The SMILES string of the molecule is CC1OC(OCC2OC(Cl)(OC3=C(c4ccc(O)cc4)[OH+]C4C=C(O)C=C(O)C4=C3)C(O)C(O)C2O)C(O)C(O)C1O. The summed E-state index contributed by atoms with van der Waals surface area (Å²) in [6.45, 7) is 0.870. The van der Waals surface area contributed by atoms with E-state index < -0.39 is 73.1 Å². The normalized spacial score (nSPS) is 40.3. The van der Waals surface area contributed by atoms with Crippen molar-refractivity contribution >= 4 is 17.4 Å². The van der Waals surface area contributed by atoms with E-state index in [2.05, 4.69) is 4.74 Å². The number of aromatic hydroxyl groups is 1. The highest BCUT2D eigenvalue weighted by Gasteiger charge is 2.56. The molecule has 0 saturated carbocycles. The first kappa shape index (κ1) is 30.6. The number of hydrogen-bond acceptors (Lipinski definition) is 13. The number of ether oxygens (including phenoxy) is 5. The standard InChI is InChI=1S/C27H31ClO14/c1-10-19(32)21(34)23(36)26(39-10)38-9-18-20(33)22(35)25(37)27(28,42-18)41-17-8-14-15(31)6-13(30)7-16(14)40-24(17)11-2-4-12(29)5-3-11/h2-8,10,16,18-23,25-26,29-37H,9H2,1H3/p+1. The number of hydrogen-bond donors (Lipinski definition) is 9. The molecule has 0 bridgehead atoms. The number of phenols is 1. The van der Waals surface area contributed by atoms with Crippen LogP contribution in [0.4, 0.5) is 0 Å². The molecule has 42 heavy (non-hydrogen) atoms. The Balaban J connectivity index is 1.42. The Morgan fingerprint density at radius 1 is 0.905 bits per heavy atom. The Hall–Kier alpha value is -2.89. The van der Waals surface area contributed by atoms with E-state index in [1.807, 2.05) is 0 Å². The second kappa shape index (κ2) is 11.7. The lowest BCUT2D eigenvalue weighted by atomic mass is 9.96. The number of benzene rings is 1. The van der Waals surface area contributed by atoms with Gasteiger partial charge in [-0.05, 0) is 42.8 Å². The van der Waals surface area contributed by atoms with E-state index in [0.717, 1.165) is 6.08 Å². The van der Waals surface area contributed by atoms with Gasteiger partial charge in [-0.2, -0.15) is 0 Å². The van der Waals surface area contributed by atoms with E-state index in [1.165, 1.54) is 43.3 Å². The number of fused-ring (bicyclic) bond motifs is 1. The summed E-state index contributed by atoms with van der Waals surface area (Å²) in [6.07, 6.45) is -11.2. The minimum absolute atomic E-state index is 0.0343. The third-order valence-electron chi connectivity index (χ3n) is 7.36. The molecule has 1 aromatic carbocycles. The van der Waals surface area contributed by atoms with Crippen molar-refractivity contribution in [3.63, 3.8) is 0 Å². The predicted octanol–water partition coefficient (Wildman–Crippen LogP) is -0.970. The zero-order valence-corrected chi connectivity index (χ0v) is 22.8. The van der Waals surface area contributed by atoms with Gasteiger partial charge in [0.05, 0.1) is 29.9 Å². The lowest BCUT2D eigenvalue weighted by Gasteiger charge is -2.45. The van der Waals surface area contributed by atoms with Crippen LogP contribution in [0.3, 0.4) is 0 Å². The van der Waals surface area contributed by atoms with Crippen LogP contribution in [0.25, 0.3) is 5.76 Å². The van der Waals surface area contributed by atoms with Crippen molar-refractivity contribution in [1.29, 1.82) is 0 Å². The molecule has 11 atom stereocenters. The third kappa shape index (κ3) is 5.70. The predicted molar refractivity (Wildman–Crippen MR) is 141 cm³/mol. The minimum Gasteiger partial charge on any atom is -0.571 e. The van der Waals surface area contributed by atoms with Crippen molar-refractivity contribution in [3.8, 4) is 5.75 Å². The van der Waals surface area contributed by atoms with Gasteiger partial charge in [0.25, 0.3) is 0 Å². The highest BCUT2D eigenvalue weighted by atomic mass is 35.5. The Morgan fingerprint density at radius 2 is 1.60 bits per heavy atom. The fourth-order valence-electron chi connectivity index (χ4n) is 4.93. The van der Waals surface area contributed by atoms with E-state index in [4.69, 9.17) is 30.5 Å². The van der Waals surface area contributed by atoms with E-state index in [-0.39, 0.29) is 34.4 Å². The molecule has 0 spiro atoms. The van der Waals surface area contributed by atoms with Crippen LogP contribution >= 0.6 is 11.6 Å². The summed E-state index contributed by atoms with van der Waals surface area (Å²) in [6, 6.07) is 5.78. The minimum atomic E-state index is -2.56. The van der Waals surface area contributed by atoms with Gasteiger partial charge in [-0.15, -0.1) is 0 Å². The zero-order chi connectivity index (χ0) is 30.5. The van der Waals surface area contributed by atoms with Crippen molar-refractivity contribution in [2.75, 3.05) is 6.61 Å². The molecule has 1 aromatic rings. The van der Waals surface area contributed by atoms with Crippen LogP contribution < -0.4 is 0 Å². The number of allylic oxidation sites excluding steroid dienone is 2. The molecule has 5 rings (SSSR count). The first-order valence-electron chi connectivity index (χ1n) is 13.0. The van der Waals surface area contributed by atoms with Crippen LogP contribution in [-0.4, -0.2) is 124 Å². The number of aliphatic hydroxyl groups excluding tert-OH is 8. The molecule has 14 nitrogen and oxygen atoms in total. The van der Waals surface area contributed by atoms with Crippen molar-refractivity contribution in [2.45, 2.75) is 73.4 Å². The molecule has 3 heterocycles. The average molecular weight is 616 g/mol. The van der Waals surface area contributed by atoms with E-state index >= 15 is 0 Å². The van der Waals surface area contributed by atoms with Crippen molar-refractivity contribution in [1.82, 2.24) is 0 Å². The third-order valence-corrected chi connectivity index (χ3v) is 7.75. The summed E-state index contributed by atoms with van der Waals surface area (Å²) in [4.78, 5) is 0. The van der Waals surface area contributed by atoms with E-state index in [1.54, 1.807) is 0 Å². The first-order chi connectivity index (χ1) is 19.8. The summed E-state index contributed by atoms with van der Waals surface area (Å²) < 4.78 is 27.0. The largest absolute Gasteiger partial charge is 0.571 e. The van der Waals surface area contributed by atoms with Gasteiger partial charge in [0, 0.05) is 12.2 Å². The molecule has 0 amide bonds. The van der Waals surface area contributed by atoms with Crippen molar-refractivity contribution in [2.24, 2.45) is 0 Å². The van der Waals surface area contributed by atoms with Crippen LogP contribution in [0, 0.1) is 0 Å². The molecule has 0 radical (unpaired) electrons. The highest BCUT2D eigenvalue weighted by Crippen LogP contribution is 2.42. The maximum absolute atomic E-state index is 10.8. The fraction of sp³-hybridized carbons (Fsp3) is 0.481. The van der Waals surface area contributed by atoms with Crippen LogP contribution in [0.15, 0.2) is 65.3 Å². The molecule has 1 aliphatic carbocycles. The van der Waals surface area contributed by atoms with Gasteiger partial charge in [-0.1, -0.05) is 0 Å². The summed E-state index contributed by atoms with van der Waals surface area (Å²) in [5, 5.41) is 89.8. The van der Waals surface area contributed by atoms with Gasteiger partial charge in [-0.3, -0.25) is 0 Å². The smallest absolute Gasteiger partial charge is 0.320 e. The van der Waals surface area contributed by atoms with Gasteiger partial charge >= 0.3 is 11.0 Å². The lowest BCUT2D eigenvalue weighted by Crippen LogP contribution is -2.64. The van der Waals surface area contributed by atoms with E-state index in [0.29, 0.717) is 5.56 Å². The van der Waals surface area contributed by atoms with Crippen LogP contribution in [-0.2, 0) is 18.9 Å². The Labute approximate surface area is 243 Å². The maximum Gasteiger partial charge on any atom is 0.320 e. The van der Waals surface area contributed by atoms with Gasteiger partial charge in [0.1, 0.15) is 53.9 Å². The molecular formula is C27H32ClO14+. The molecule has 2 fully saturated rings. The number of aliphatic hydroxyl groups is 10. The molecule has 3 aliphatic heterocycles. The summed E-state index contributed by atoms with van der Waals surface area (Å²) >= 11 is 6.59. The number of halogens is 1. The summed E-state index contributed by atoms with van der Waals surface area (Å²) in [7, 11) is 0. The Morgan fingerprint density at radius 3 is 2.29 bits per heavy atom. The Bertz CT molecular complexity index is 1290. The van der Waals surface area contributed by atoms with E-state index in [9.17, 15) is 46.0 Å². The molecule has 11 unspecified atom stereocenters. The van der Waals surface area contributed by atoms with Gasteiger partial charge in [-0.25, -0.2) is 0 Å². The monoisotopic (exact) mass is 615 g/mol. The van der Waals surface area contributed by atoms with Gasteiger partial charge in [0.15, 0.2) is 12.4 Å². The maximum atomic E-state index is 10.8. The molecule has 10 N–H and O–H groups in total. The van der Waals surface area contributed by atoms with Crippen LogP contribution in [0.5, 0.6) is 5.75 Å². The molecule has 4 aliphatic rings. The molecule has 0 aromatic heterocycles. The molecule has 15 heteroatoms. The first-order valence-corrected chi connectivity index (χ1v) is 13.4. The zero-order valence-electron chi connectivity index (χ0n) is 22.0. The summed E-state index contributed by atoms with van der Waals surface area (Å²) in [5.74, 6) is -0.607. The topological polar surface area (TPSA) is 232 Å². The van der Waals surface area contributed by atoms with Crippen molar-refractivity contribution in [3.05, 3.63) is 70.9 Å². The van der Waals surface area contributed by atoms with Gasteiger partial charge in [0.2, 0.25) is 11.9 Å². The molecule has 2 saturated heterocycles. The second-order valence-corrected chi connectivity index (χ2v) is 10.9. The van der Waals surface area contributed by atoms with Crippen molar-refractivity contribution < 1.29 is 69.6 Å².